The predicted octanol–water partition coefficient (Wildman–Crippen LogP) is 1.29. The summed E-state index contributed by atoms with van der Waals surface area (Å²) in [7, 11) is 0. The fourth-order valence-corrected chi connectivity index (χ4v) is 2.88. The fourth-order valence-electron chi connectivity index (χ4n) is 2.88. The number of ketones is 1. The monoisotopic (exact) mass is 592 g/mol. The van der Waals surface area contributed by atoms with Crippen molar-refractivity contribution in [3.63, 3.8) is 0 Å². The second kappa shape index (κ2) is 32.4. The number of esters is 1. The molecular formula is C28H48O13. The lowest BCUT2D eigenvalue weighted by Gasteiger charge is -2.08. The van der Waals surface area contributed by atoms with Crippen LogP contribution in [0.4, 0.5) is 0 Å². The number of carbonyl (C=O) groups excluding carboxylic acids is 2. The maximum Gasteiger partial charge on any atom is 0.306 e. The van der Waals surface area contributed by atoms with Crippen LogP contribution in [0, 0.1) is 12.3 Å². The molecule has 0 radical (unpaired) electrons. The second-order valence-corrected chi connectivity index (χ2v) is 8.40. The summed E-state index contributed by atoms with van der Waals surface area (Å²) < 4.78 is 47.6. The molecule has 0 aliphatic heterocycles. The van der Waals surface area contributed by atoms with Crippen molar-refractivity contribution in [2.45, 2.75) is 38.5 Å². The van der Waals surface area contributed by atoms with Crippen LogP contribution in [0.5, 0.6) is 0 Å². The summed E-state index contributed by atoms with van der Waals surface area (Å²) >= 11 is 0. The van der Waals surface area contributed by atoms with Crippen LogP contribution in [0.2, 0.25) is 0 Å². The molecule has 0 aromatic rings. The van der Waals surface area contributed by atoms with E-state index in [4.69, 9.17) is 54.2 Å². The molecule has 0 aromatic heterocycles. The summed E-state index contributed by atoms with van der Waals surface area (Å²) in [6, 6.07) is 0. The Morgan fingerprint density at radius 1 is 0.488 bits per heavy atom. The summed E-state index contributed by atoms with van der Waals surface area (Å²) in [5.74, 6) is 1.16. The first-order valence-corrected chi connectivity index (χ1v) is 14.0. The van der Waals surface area contributed by atoms with E-state index in [1.807, 2.05) is 0 Å². The molecule has 0 unspecified atom stereocenters. The number of ether oxygens (including phenoxy) is 9. The lowest BCUT2D eigenvalue weighted by Crippen LogP contribution is -2.13. The molecular weight excluding hydrogens is 544 g/mol. The summed E-state index contributed by atoms with van der Waals surface area (Å²) in [5.41, 5.74) is 0. The van der Waals surface area contributed by atoms with E-state index in [-0.39, 0.29) is 37.8 Å². The molecule has 13 heteroatoms. The van der Waals surface area contributed by atoms with Crippen molar-refractivity contribution >= 4 is 17.7 Å². The Labute approximate surface area is 243 Å². The fraction of sp³-hybridized carbons (Fsp3) is 0.821. The second-order valence-electron chi connectivity index (χ2n) is 8.40. The van der Waals surface area contributed by atoms with E-state index in [1.54, 1.807) is 0 Å². The topological polar surface area (TPSA) is 155 Å². The maximum atomic E-state index is 11.9. The van der Waals surface area contributed by atoms with E-state index in [1.165, 1.54) is 0 Å². The Balaban J connectivity index is 3.20. The van der Waals surface area contributed by atoms with Gasteiger partial charge < -0.3 is 47.7 Å². The van der Waals surface area contributed by atoms with Crippen molar-refractivity contribution in [3.05, 3.63) is 0 Å². The van der Waals surface area contributed by atoms with Gasteiger partial charge in [0.25, 0.3) is 0 Å². The van der Waals surface area contributed by atoms with Crippen LogP contribution in [0.25, 0.3) is 0 Å². The quantitative estimate of drug-likeness (QED) is 0.0662. The third-order valence-corrected chi connectivity index (χ3v) is 4.95. The molecule has 238 valence electrons. The Kier molecular flexibility index (Phi) is 30.7. The molecule has 0 saturated carbocycles. The van der Waals surface area contributed by atoms with Gasteiger partial charge in [0.05, 0.1) is 98.9 Å². The van der Waals surface area contributed by atoms with Crippen LogP contribution < -0.4 is 0 Å². The highest BCUT2D eigenvalue weighted by molar-refractivity contribution is 5.78. The van der Waals surface area contributed by atoms with E-state index < -0.39 is 5.97 Å². The van der Waals surface area contributed by atoms with Crippen LogP contribution in [0.15, 0.2) is 0 Å². The van der Waals surface area contributed by atoms with E-state index in [0.717, 1.165) is 0 Å². The van der Waals surface area contributed by atoms with Crippen LogP contribution in [0.1, 0.15) is 38.5 Å². The van der Waals surface area contributed by atoms with Crippen molar-refractivity contribution in [2.75, 3.05) is 112 Å². The van der Waals surface area contributed by atoms with Gasteiger partial charge in [0.2, 0.25) is 0 Å². The normalized spacial score (nSPS) is 10.9. The van der Waals surface area contributed by atoms with Gasteiger partial charge in [-0.1, -0.05) is 5.92 Å². The molecule has 0 atom stereocenters. The number of carbonyl (C=O) groups is 3. The number of terminal acetylenes is 1. The van der Waals surface area contributed by atoms with Crippen molar-refractivity contribution in [1.82, 2.24) is 0 Å². The van der Waals surface area contributed by atoms with Gasteiger partial charge in [-0.05, 0) is 12.8 Å². The molecule has 0 fully saturated rings. The highest BCUT2D eigenvalue weighted by Gasteiger charge is 2.03. The van der Waals surface area contributed by atoms with Crippen LogP contribution in [-0.2, 0) is 57.0 Å². The third kappa shape index (κ3) is 34.0. The minimum atomic E-state index is -0.885. The smallest absolute Gasteiger partial charge is 0.306 e. The predicted molar refractivity (Wildman–Crippen MR) is 147 cm³/mol. The molecule has 0 aliphatic carbocycles. The lowest BCUT2D eigenvalue weighted by molar-refractivity contribution is -0.142. The zero-order chi connectivity index (χ0) is 30.1. The van der Waals surface area contributed by atoms with Crippen molar-refractivity contribution in [2.24, 2.45) is 0 Å². The summed E-state index contributed by atoms with van der Waals surface area (Å²) in [6.07, 6.45) is 7.30. The number of rotatable bonds is 33. The van der Waals surface area contributed by atoms with E-state index in [0.29, 0.717) is 125 Å². The number of carboxylic acid groups (broad SMARTS) is 1. The molecule has 0 heterocycles. The van der Waals surface area contributed by atoms with Gasteiger partial charge in [-0.2, -0.15) is 0 Å². The highest BCUT2D eigenvalue weighted by atomic mass is 16.6. The lowest BCUT2D eigenvalue weighted by atomic mass is 10.2. The number of aliphatic carboxylic acids is 1. The number of carboxylic acids is 1. The zero-order valence-electron chi connectivity index (χ0n) is 24.2. The van der Waals surface area contributed by atoms with Crippen LogP contribution in [0.3, 0.4) is 0 Å². The average molecular weight is 593 g/mol. The first-order valence-electron chi connectivity index (χ1n) is 14.0. The molecule has 13 nitrogen and oxygen atoms in total. The minimum Gasteiger partial charge on any atom is -0.481 e. The Bertz CT molecular complexity index is 666. The number of Topliss-reactive ketones (excluding diaryl/α,β-unsaturated/α-hetero) is 1. The van der Waals surface area contributed by atoms with Gasteiger partial charge in [-0.15, -0.1) is 6.42 Å². The Hall–Kier alpha value is -2.15. The van der Waals surface area contributed by atoms with Gasteiger partial charge in [-0.3, -0.25) is 14.4 Å². The summed E-state index contributed by atoms with van der Waals surface area (Å²) in [5, 5.41) is 8.47. The Morgan fingerprint density at radius 3 is 1.27 bits per heavy atom. The number of hydrogen-bond donors (Lipinski definition) is 1. The highest BCUT2D eigenvalue weighted by Crippen LogP contribution is 1.98. The van der Waals surface area contributed by atoms with E-state index in [9.17, 15) is 14.4 Å². The molecule has 0 amide bonds. The third-order valence-electron chi connectivity index (χ3n) is 4.95. The summed E-state index contributed by atoms with van der Waals surface area (Å²) in [4.78, 5) is 33.4. The molecule has 0 spiro atoms. The first-order chi connectivity index (χ1) is 20.1. The molecule has 0 aromatic carbocycles. The first kappa shape index (κ1) is 38.9. The maximum absolute atomic E-state index is 11.9. The standard InChI is InChI=1S/C28H48O13/c1-2-9-41-28(32)6-4-11-34-15-19-38-22-24-39-20-16-35-12-7-26(29)5-3-10-33-14-18-37-23-25-40-21-17-36-13-8-27(30)31/h1H,3-25H2,(H,30,31). The van der Waals surface area contributed by atoms with E-state index >= 15 is 0 Å². The van der Waals surface area contributed by atoms with Crippen LogP contribution >= 0.6 is 0 Å². The average Bonchev–Trinajstić information content (AvgIpc) is 2.95. The van der Waals surface area contributed by atoms with Crippen molar-refractivity contribution in [3.8, 4) is 12.3 Å². The van der Waals surface area contributed by atoms with Gasteiger partial charge in [-0.25, -0.2) is 0 Å². The molecule has 0 rings (SSSR count). The van der Waals surface area contributed by atoms with Gasteiger partial charge >= 0.3 is 11.9 Å². The molecule has 0 bridgehead atoms. The molecule has 1 N–H and O–H groups in total. The van der Waals surface area contributed by atoms with Crippen molar-refractivity contribution in [1.29, 1.82) is 0 Å². The van der Waals surface area contributed by atoms with E-state index in [2.05, 4.69) is 5.92 Å². The SMILES string of the molecule is C#CCOC(=O)CCCOCCOCCOCCOCCC(=O)CCCOCCOCCOCCOCCC(=O)O. The zero-order valence-corrected chi connectivity index (χ0v) is 24.2. The number of hydrogen-bond acceptors (Lipinski definition) is 12. The van der Waals surface area contributed by atoms with Crippen LogP contribution in [-0.4, -0.2) is 135 Å². The van der Waals surface area contributed by atoms with Crippen molar-refractivity contribution < 1.29 is 62.1 Å². The van der Waals surface area contributed by atoms with Gasteiger partial charge in [0.1, 0.15) is 5.78 Å². The molecule has 0 aliphatic rings. The largest absolute Gasteiger partial charge is 0.481 e. The Morgan fingerprint density at radius 2 is 0.854 bits per heavy atom. The van der Waals surface area contributed by atoms with Gasteiger partial charge in [0.15, 0.2) is 6.61 Å². The molecule has 41 heavy (non-hydrogen) atoms. The summed E-state index contributed by atoms with van der Waals surface area (Å²) in [6.45, 7) is 6.56. The van der Waals surface area contributed by atoms with Gasteiger partial charge in [0, 0.05) is 32.5 Å². The minimum absolute atomic E-state index is 0.00364. The molecule has 0 saturated heterocycles.